The smallest absolute Gasteiger partial charge is 0.416 e. The van der Waals surface area contributed by atoms with Crippen LogP contribution in [0.5, 0.6) is 5.75 Å². The Labute approximate surface area is 462 Å². The predicted molar refractivity (Wildman–Crippen MR) is 245 cm³/mol. The molecule has 4 heterocycles. The maximum atomic E-state index is 13.5. The minimum Gasteiger partial charge on any atom is -0.462 e. The number of nitrogens with one attached hydrogen (secondary N) is 2. The molecule has 470 valence electrons. The molecule has 47 heteroatoms. The van der Waals surface area contributed by atoms with Gasteiger partial charge in [-0.2, -0.15) is 86.2 Å². The molecular formula is C35H56N8O35S4. The maximum absolute atomic E-state index is 13.5. The number of carbonyl (C=O) groups excluding carboxylic acids is 4. The molecular weight excluding hydrogens is 1220 g/mol. The molecule has 1 aromatic carbocycles. The summed E-state index contributed by atoms with van der Waals surface area (Å²) in [6, 6.07) is 1.46. The summed E-state index contributed by atoms with van der Waals surface area (Å²) in [4.78, 5) is 60.5. The van der Waals surface area contributed by atoms with Gasteiger partial charge in [-0.25, -0.2) is 26.3 Å². The van der Waals surface area contributed by atoms with E-state index in [0.717, 1.165) is 13.8 Å². The quantitative estimate of drug-likeness (QED) is 0.0383. The zero-order valence-corrected chi connectivity index (χ0v) is 45.1. The third-order valence-electron chi connectivity index (χ3n) is 11.7. The van der Waals surface area contributed by atoms with Crippen molar-refractivity contribution in [2.24, 2.45) is 35.4 Å². The van der Waals surface area contributed by atoms with Crippen LogP contribution in [0.1, 0.15) is 19.4 Å². The molecule has 0 aromatic heterocycles. The van der Waals surface area contributed by atoms with Crippen LogP contribution in [0.2, 0.25) is 0 Å². The van der Waals surface area contributed by atoms with Gasteiger partial charge in [-0.1, -0.05) is 17.7 Å². The topological polar surface area (TPSA) is 652 Å². The Morgan fingerprint density at radius 2 is 0.878 bits per heavy atom. The molecule has 19 N–H and O–H groups in total. The lowest BCUT2D eigenvalue weighted by molar-refractivity contribution is -0.367. The highest BCUT2D eigenvalue weighted by molar-refractivity contribution is 7.82. The van der Waals surface area contributed by atoms with E-state index in [1.54, 1.807) is 6.92 Å². The van der Waals surface area contributed by atoms with Crippen molar-refractivity contribution >= 4 is 65.3 Å². The van der Waals surface area contributed by atoms with Crippen LogP contribution in [0.4, 0.5) is 0 Å². The van der Waals surface area contributed by atoms with Crippen LogP contribution in [-0.2, 0) is 137 Å². The van der Waals surface area contributed by atoms with E-state index in [0.29, 0.717) is 5.56 Å². The lowest BCUT2D eigenvalue weighted by Crippen LogP contribution is -2.71. The second-order valence-corrected chi connectivity index (χ2v) is 22.0. The molecule has 0 saturated carbocycles. The number of rotatable bonds is 26. The molecule has 4 saturated heterocycles. The monoisotopic (exact) mass is 1280 g/mol. The van der Waals surface area contributed by atoms with Gasteiger partial charge in [0.2, 0.25) is 18.1 Å². The van der Waals surface area contributed by atoms with Crippen LogP contribution in [0.15, 0.2) is 24.3 Å². The molecule has 4 fully saturated rings. The van der Waals surface area contributed by atoms with Gasteiger partial charge in [0.25, 0.3) is 0 Å². The van der Waals surface area contributed by atoms with E-state index >= 15 is 0 Å². The summed E-state index contributed by atoms with van der Waals surface area (Å²) in [6.07, 6.45) is -44.2. The van der Waals surface area contributed by atoms with Gasteiger partial charge in [-0.05, 0) is 19.1 Å². The highest BCUT2D eigenvalue weighted by Gasteiger charge is 2.60. The Balaban J connectivity index is 1.59. The minimum atomic E-state index is -5.63. The molecule has 4 aliphatic heterocycles. The number of aliphatic hydroxyl groups is 5. The second kappa shape index (κ2) is 28.7. The van der Waals surface area contributed by atoms with Gasteiger partial charge < -0.3 is 83.7 Å². The van der Waals surface area contributed by atoms with Crippen molar-refractivity contribution < 1.29 is 160 Å². The SMILES string of the molecule is CC(=O)NC1[C@H](O[C@@H]2C(C(=O)ON)O[C@@H](O[C@@H]3C(COS(=O)(=O)ON)O[C@@H](O[C@H]4C(C(=O)ON)O[C@@H](Oc5ccc(C)cc5)C(OS(=O)(=O)ON)[C@@H]4O)C(NC(C)=O)[C@H]3O)C(OS(=O)(=O)ON)[C@@H]2O)OC(COS(=O)(=O)ON)[C@@H](O)[C@@H]1O. The van der Waals surface area contributed by atoms with Crippen LogP contribution in [0.25, 0.3) is 0 Å². The van der Waals surface area contributed by atoms with Gasteiger partial charge in [0.05, 0.1) is 13.2 Å². The number of aryl methyl sites for hydroxylation is 1. The first-order valence-corrected chi connectivity index (χ1v) is 27.8. The number of aliphatic hydroxyl groups excluding tert-OH is 5. The Bertz CT molecular complexity index is 2810. The summed E-state index contributed by atoms with van der Waals surface area (Å²) in [7, 11) is -21.3. The number of ether oxygens (including phenoxy) is 8. The molecule has 2 amide bonds. The van der Waals surface area contributed by atoms with Gasteiger partial charge in [0.1, 0.15) is 78.9 Å². The highest BCUT2D eigenvalue weighted by Crippen LogP contribution is 2.38. The van der Waals surface area contributed by atoms with Crippen LogP contribution in [0.3, 0.4) is 0 Å². The second-order valence-electron chi connectivity index (χ2n) is 17.2. The third kappa shape index (κ3) is 17.4. The molecule has 0 aliphatic carbocycles. The van der Waals surface area contributed by atoms with Crippen molar-refractivity contribution in [1.29, 1.82) is 0 Å². The first-order chi connectivity index (χ1) is 38.2. The molecule has 82 heavy (non-hydrogen) atoms. The van der Waals surface area contributed by atoms with Crippen LogP contribution < -0.4 is 50.8 Å². The number of amides is 2. The first kappa shape index (κ1) is 68.4. The summed E-state index contributed by atoms with van der Waals surface area (Å²) in [5.74, 6) is 23.9. The first-order valence-electron chi connectivity index (χ1n) is 22.5. The van der Waals surface area contributed by atoms with Crippen LogP contribution in [0, 0.1) is 6.92 Å². The van der Waals surface area contributed by atoms with Crippen molar-refractivity contribution in [3.05, 3.63) is 29.8 Å². The largest absolute Gasteiger partial charge is 0.462 e. The van der Waals surface area contributed by atoms with Crippen LogP contribution in [-0.4, -0.2) is 219 Å². The fourth-order valence-corrected chi connectivity index (χ4v) is 9.83. The molecule has 0 radical (unpaired) electrons. The number of hydrogen-bond acceptors (Lipinski definition) is 41. The Hall–Kier alpha value is -4.34. The molecule has 4 aliphatic rings. The lowest BCUT2D eigenvalue weighted by atomic mass is 9.94. The van der Waals surface area contributed by atoms with Crippen molar-refractivity contribution in [2.75, 3.05) is 13.2 Å². The molecule has 5 rings (SSSR count). The van der Waals surface area contributed by atoms with E-state index in [2.05, 4.69) is 47.5 Å². The summed E-state index contributed by atoms with van der Waals surface area (Å²) in [5, 5.41) is 62.1. The van der Waals surface area contributed by atoms with E-state index in [1.165, 1.54) is 24.3 Å². The number of benzene rings is 1. The van der Waals surface area contributed by atoms with Crippen molar-refractivity contribution in [3.8, 4) is 5.75 Å². The summed E-state index contributed by atoms with van der Waals surface area (Å²) >= 11 is 0. The third-order valence-corrected chi connectivity index (χ3v) is 14.4. The normalized spacial score (nSPS) is 34.8. The molecule has 20 atom stereocenters. The Morgan fingerprint density at radius 1 is 0.488 bits per heavy atom. The Morgan fingerprint density at radius 3 is 1.30 bits per heavy atom. The molecule has 0 bridgehead atoms. The summed E-state index contributed by atoms with van der Waals surface area (Å²) < 4.78 is 180. The van der Waals surface area contributed by atoms with Gasteiger partial charge in [-0.15, -0.1) is 0 Å². The van der Waals surface area contributed by atoms with Crippen molar-refractivity contribution in [3.63, 3.8) is 0 Å². The zero-order valence-electron chi connectivity index (χ0n) is 41.9. The standard InChI is InChI=1S/C35H56N8O35S4/c1-10-4-6-13(7-5-10)63-34-26(73-81(57,58)77-40)21(49)24(28(69-34)30(51)71-36)68-33-17(43-12(3)45)20(48)23(15(65-33)9-62-80(55,56)76-39)66-35-27(74-82(59,60)78-41)22(50)25(29(70-35)31(52)72-37)67-32-16(42-11(2)44)19(47)18(46)14(64-32)8-61-79(53,54)75-38/h4-7,14-29,32-35,46-50H,8-9,36-41H2,1-3H3,(H,42,44)(H,43,45)/t14?,15?,16?,17?,18-,19-,20-,21-,22-,23-,24-,25+,26?,27?,28?,29?,32+,33+,34-,35-/m1/s1. The average molecular weight is 1280 g/mol. The molecule has 8 unspecified atom stereocenters. The maximum Gasteiger partial charge on any atom is 0.416 e. The lowest BCUT2D eigenvalue weighted by Gasteiger charge is -2.50. The van der Waals surface area contributed by atoms with E-state index in [1.807, 2.05) is 0 Å². The van der Waals surface area contributed by atoms with Gasteiger partial charge in [-0.3, -0.25) is 9.59 Å². The van der Waals surface area contributed by atoms with E-state index < -0.39 is 201 Å². The van der Waals surface area contributed by atoms with E-state index in [-0.39, 0.29) is 5.75 Å². The summed E-state index contributed by atoms with van der Waals surface area (Å²) in [6.45, 7) is 0.600. The predicted octanol–water partition coefficient (Wildman–Crippen LogP) is -11.6. The molecule has 43 nitrogen and oxygen atoms in total. The zero-order chi connectivity index (χ0) is 61.4. The van der Waals surface area contributed by atoms with Gasteiger partial charge in [0, 0.05) is 13.8 Å². The average Bonchev–Trinajstić information content (AvgIpc) is 3.57. The van der Waals surface area contributed by atoms with E-state index in [9.17, 15) is 78.4 Å². The van der Waals surface area contributed by atoms with E-state index in [4.69, 9.17) is 79.9 Å². The molecule has 0 spiro atoms. The number of nitrogens with two attached hydrogens (primary N) is 6. The van der Waals surface area contributed by atoms with Crippen molar-refractivity contribution in [1.82, 2.24) is 10.6 Å². The summed E-state index contributed by atoms with van der Waals surface area (Å²) in [5.41, 5.74) is 0.691. The van der Waals surface area contributed by atoms with Crippen LogP contribution >= 0.6 is 0 Å². The minimum absolute atomic E-state index is 0.105. The van der Waals surface area contributed by atoms with Gasteiger partial charge >= 0.3 is 53.5 Å². The number of hydrogen-bond donors (Lipinski definition) is 13. The fourth-order valence-electron chi connectivity index (χ4n) is 8.07. The Kier molecular flexibility index (Phi) is 24.0. The van der Waals surface area contributed by atoms with Crippen molar-refractivity contribution in [2.45, 2.75) is 143 Å². The fraction of sp³-hybridized carbons (Fsp3) is 0.714. The molecule has 1 aromatic rings. The number of carbonyl (C=O) groups is 4. The highest BCUT2D eigenvalue weighted by atomic mass is 32.3. The van der Waals surface area contributed by atoms with Gasteiger partial charge in [0.15, 0.2) is 43.3 Å².